The van der Waals surface area contributed by atoms with Gasteiger partial charge in [0.15, 0.2) is 12.0 Å². The number of carbonyl (C=O) groups excluding carboxylic acids is 1. The number of hydrogen-bond donors (Lipinski definition) is 0. The molecule has 4 nitrogen and oxygen atoms in total. The van der Waals surface area contributed by atoms with Crippen molar-refractivity contribution < 1.29 is 14.1 Å². The molecular weight excluding hydrogens is 201 g/mol. The summed E-state index contributed by atoms with van der Waals surface area (Å²) in [6.07, 6.45) is -0.886. The van der Waals surface area contributed by atoms with Crippen LogP contribution in [0.4, 0.5) is 10.1 Å². The van der Waals surface area contributed by atoms with E-state index in [1.807, 2.05) is 0 Å². The highest BCUT2D eigenvalue weighted by Gasteiger charge is 2.28. The minimum atomic E-state index is -1.51. The summed E-state index contributed by atoms with van der Waals surface area (Å²) < 4.78 is 13.1. The first kappa shape index (κ1) is 9.76. The summed E-state index contributed by atoms with van der Waals surface area (Å²) in [6.45, 7) is 0. The van der Waals surface area contributed by atoms with Crippen molar-refractivity contribution in [2.45, 2.75) is 19.0 Å². The average molecular weight is 209 g/mol. The van der Waals surface area contributed by atoms with E-state index in [4.69, 9.17) is 0 Å². The van der Waals surface area contributed by atoms with Crippen LogP contribution in [0.3, 0.4) is 0 Å². The molecule has 5 heteroatoms. The number of nitro benzene ring substituents is 1. The Morgan fingerprint density at radius 1 is 1.47 bits per heavy atom. The molecule has 15 heavy (non-hydrogen) atoms. The van der Waals surface area contributed by atoms with Crippen molar-refractivity contribution in [3.63, 3.8) is 0 Å². The molecule has 1 aliphatic rings. The van der Waals surface area contributed by atoms with E-state index in [9.17, 15) is 19.3 Å². The lowest BCUT2D eigenvalue weighted by atomic mass is 9.89. The first-order valence-electron chi connectivity index (χ1n) is 4.55. The van der Waals surface area contributed by atoms with E-state index in [-0.39, 0.29) is 17.7 Å². The van der Waals surface area contributed by atoms with Gasteiger partial charge < -0.3 is 0 Å². The lowest BCUT2D eigenvalue weighted by Gasteiger charge is -2.16. The maximum absolute atomic E-state index is 13.1. The summed E-state index contributed by atoms with van der Waals surface area (Å²) in [6, 6.07) is 4.02. The quantitative estimate of drug-likeness (QED) is 0.525. The van der Waals surface area contributed by atoms with E-state index >= 15 is 0 Å². The molecule has 0 bridgehead atoms. The number of alkyl halides is 1. The molecule has 0 radical (unpaired) electrons. The number of nitrogens with zero attached hydrogens (tertiary/aromatic N) is 1. The van der Waals surface area contributed by atoms with E-state index in [2.05, 4.69) is 0 Å². The number of aryl methyl sites for hydroxylation is 1. The number of halogens is 1. The van der Waals surface area contributed by atoms with Crippen LogP contribution in [-0.4, -0.2) is 16.9 Å². The van der Waals surface area contributed by atoms with Crippen LogP contribution < -0.4 is 0 Å². The van der Waals surface area contributed by atoms with Crippen LogP contribution in [0.5, 0.6) is 0 Å². The molecule has 1 aromatic carbocycles. The highest BCUT2D eigenvalue weighted by molar-refractivity contribution is 6.02. The highest BCUT2D eigenvalue weighted by atomic mass is 19.1. The number of carbonyl (C=O) groups is 1. The Bertz CT molecular complexity index is 444. The van der Waals surface area contributed by atoms with Crippen LogP contribution in [0.1, 0.15) is 22.3 Å². The van der Waals surface area contributed by atoms with Crippen LogP contribution in [0.2, 0.25) is 0 Å². The Kier molecular flexibility index (Phi) is 2.22. The SMILES string of the molecule is O=C1c2cc([N+](=O)[O-])ccc2CCC1F. The van der Waals surface area contributed by atoms with Gasteiger partial charge in [0, 0.05) is 17.7 Å². The average Bonchev–Trinajstić information content (AvgIpc) is 2.23. The molecule has 1 unspecified atom stereocenters. The zero-order valence-corrected chi connectivity index (χ0v) is 7.77. The normalized spacial score (nSPS) is 19.8. The van der Waals surface area contributed by atoms with E-state index in [1.165, 1.54) is 12.1 Å². The molecule has 0 N–H and O–H groups in total. The minimum absolute atomic E-state index is 0.156. The first-order valence-corrected chi connectivity index (χ1v) is 4.55. The number of rotatable bonds is 1. The third kappa shape index (κ3) is 1.60. The van der Waals surface area contributed by atoms with Gasteiger partial charge in [-0.25, -0.2) is 4.39 Å². The van der Waals surface area contributed by atoms with Gasteiger partial charge in [0.25, 0.3) is 5.69 Å². The van der Waals surface area contributed by atoms with Crippen molar-refractivity contribution >= 4 is 11.5 Å². The minimum Gasteiger partial charge on any atom is -0.291 e. The van der Waals surface area contributed by atoms with Gasteiger partial charge >= 0.3 is 0 Å². The predicted molar refractivity (Wildman–Crippen MR) is 50.6 cm³/mol. The fourth-order valence-corrected chi connectivity index (χ4v) is 1.71. The lowest BCUT2D eigenvalue weighted by molar-refractivity contribution is -0.384. The van der Waals surface area contributed by atoms with Crippen molar-refractivity contribution in [2.75, 3.05) is 0 Å². The molecule has 0 aliphatic heterocycles. The smallest absolute Gasteiger partial charge is 0.270 e. The van der Waals surface area contributed by atoms with Crippen molar-refractivity contribution in [2.24, 2.45) is 0 Å². The van der Waals surface area contributed by atoms with Gasteiger partial charge in [-0.05, 0) is 18.4 Å². The highest BCUT2D eigenvalue weighted by Crippen LogP contribution is 2.26. The van der Waals surface area contributed by atoms with E-state index in [1.54, 1.807) is 0 Å². The van der Waals surface area contributed by atoms with Gasteiger partial charge in [0.2, 0.25) is 0 Å². The van der Waals surface area contributed by atoms with Crippen molar-refractivity contribution in [1.82, 2.24) is 0 Å². The lowest BCUT2D eigenvalue weighted by Crippen LogP contribution is -2.23. The van der Waals surface area contributed by atoms with E-state index in [0.29, 0.717) is 12.0 Å². The second-order valence-electron chi connectivity index (χ2n) is 3.47. The van der Waals surface area contributed by atoms with Crippen LogP contribution in [-0.2, 0) is 6.42 Å². The Hall–Kier alpha value is -1.78. The Morgan fingerprint density at radius 3 is 2.87 bits per heavy atom. The van der Waals surface area contributed by atoms with E-state index in [0.717, 1.165) is 6.07 Å². The molecule has 0 aromatic heterocycles. The molecule has 1 atom stereocenters. The molecule has 0 saturated carbocycles. The van der Waals surface area contributed by atoms with Gasteiger partial charge in [-0.2, -0.15) is 0 Å². The third-order valence-corrected chi connectivity index (χ3v) is 2.52. The predicted octanol–water partition coefficient (Wildman–Crippen LogP) is 2.06. The van der Waals surface area contributed by atoms with Crippen molar-refractivity contribution in [1.29, 1.82) is 0 Å². The summed E-state index contributed by atoms with van der Waals surface area (Å²) in [5, 5.41) is 10.5. The van der Waals surface area contributed by atoms with Crippen LogP contribution >= 0.6 is 0 Å². The second-order valence-corrected chi connectivity index (χ2v) is 3.47. The summed E-state index contributed by atoms with van der Waals surface area (Å²) in [5.74, 6) is -0.639. The van der Waals surface area contributed by atoms with Gasteiger partial charge in [-0.15, -0.1) is 0 Å². The number of ketones is 1. The summed E-state index contributed by atoms with van der Waals surface area (Å²) in [4.78, 5) is 21.3. The first-order chi connectivity index (χ1) is 7.09. The largest absolute Gasteiger partial charge is 0.291 e. The standard InChI is InChI=1S/C10H8FNO3/c11-9-4-2-6-1-3-7(12(14)15)5-8(6)10(9)13/h1,3,5,9H,2,4H2. The third-order valence-electron chi connectivity index (χ3n) is 2.52. The number of hydrogen-bond acceptors (Lipinski definition) is 3. The Labute approximate surface area is 84.9 Å². The second kappa shape index (κ2) is 3.42. The zero-order valence-electron chi connectivity index (χ0n) is 7.77. The molecule has 0 saturated heterocycles. The molecule has 1 aliphatic carbocycles. The monoisotopic (exact) mass is 209 g/mol. The molecule has 0 spiro atoms. The molecule has 78 valence electrons. The van der Waals surface area contributed by atoms with Crippen LogP contribution in [0.25, 0.3) is 0 Å². The van der Waals surface area contributed by atoms with Gasteiger partial charge in [0.1, 0.15) is 0 Å². The molecular formula is C10H8FNO3. The fourth-order valence-electron chi connectivity index (χ4n) is 1.71. The fraction of sp³-hybridized carbons (Fsp3) is 0.300. The number of Topliss-reactive ketones (excluding diaryl/α,β-unsaturated/α-hetero) is 1. The van der Waals surface area contributed by atoms with Crippen LogP contribution in [0, 0.1) is 10.1 Å². The van der Waals surface area contributed by atoms with Crippen LogP contribution in [0.15, 0.2) is 18.2 Å². The van der Waals surface area contributed by atoms with Gasteiger partial charge in [-0.3, -0.25) is 14.9 Å². The number of fused-ring (bicyclic) bond motifs is 1. The Balaban J connectivity index is 2.50. The van der Waals surface area contributed by atoms with Crippen molar-refractivity contribution in [3.05, 3.63) is 39.4 Å². The Morgan fingerprint density at radius 2 is 2.20 bits per heavy atom. The van der Waals surface area contributed by atoms with Crippen molar-refractivity contribution in [3.8, 4) is 0 Å². The number of nitro groups is 1. The summed E-state index contributed by atoms with van der Waals surface area (Å²) >= 11 is 0. The van der Waals surface area contributed by atoms with Gasteiger partial charge in [0.05, 0.1) is 4.92 Å². The topological polar surface area (TPSA) is 60.2 Å². The maximum atomic E-state index is 13.1. The maximum Gasteiger partial charge on any atom is 0.270 e. The number of benzene rings is 1. The summed E-state index contributed by atoms with van der Waals surface area (Å²) in [7, 11) is 0. The zero-order chi connectivity index (χ0) is 11.0. The molecule has 1 aromatic rings. The molecule has 2 rings (SSSR count). The summed E-state index contributed by atoms with van der Waals surface area (Å²) in [5.41, 5.74) is 0.679. The van der Waals surface area contributed by atoms with E-state index < -0.39 is 16.9 Å². The molecule has 0 fully saturated rings. The van der Waals surface area contributed by atoms with Gasteiger partial charge in [-0.1, -0.05) is 6.07 Å². The molecule has 0 heterocycles. The number of non-ortho nitro benzene ring substituents is 1. The molecule has 0 amide bonds.